The van der Waals surface area contributed by atoms with Crippen molar-refractivity contribution in [3.8, 4) is 0 Å². The molecule has 37 heavy (non-hydrogen) atoms. The van der Waals surface area contributed by atoms with Gasteiger partial charge in [0.2, 0.25) is 5.91 Å². The van der Waals surface area contributed by atoms with E-state index in [4.69, 9.17) is 16.6 Å². The molecular weight excluding hydrogens is 528 g/mol. The number of benzene rings is 2. The number of aromatic nitrogens is 3. The van der Waals surface area contributed by atoms with Crippen LogP contribution in [0.15, 0.2) is 53.4 Å². The van der Waals surface area contributed by atoms with Crippen molar-refractivity contribution in [1.29, 1.82) is 0 Å². The lowest BCUT2D eigenvalue weighted by atomic mass is 10.0. The van der Waals surface area contributed by atoms with Crippen LogP contribution in [-0.2, 0) is 21.2 Å². The Hall–Kier alpha value is -2.75. The molecule has 196 valence electrons. The average Bonchev–Trinajstić information content (AvgIpc) is 3.41. The number of thiazole rings is 1. The van der Waals surface area contributed by atoms with Crippen LogP contribution in [0.25, 0.3) is 10.2 Å². The SMILES string of the molecule is Cc1cc(C)n(CCN(C(=O)CCCS(=O)(=O)c2ccc(Cl)cc2)c2nc3c(C(C)C)cccc3s2)n1. The van der Waals surface area contributed by atoms with Crippen molar-refractivity contribution >= 4 is 54.0 Å². The number of aryl methyl sites for hydroxylation is 2. The third kappa shape index (κ3) is 6.40. The summed E-state index contributed by atoms with van der Waals surface area (Å²) in [4.78, 5) is 20.2. The highest BCUT2D eigenvalue weighted by molar-refractivity contribution is 7.91. The summed E-state index contributed by atoms with van der Waals surface area (Å²) in [5, 5.41) is 5.62. The molecular formula is C27H31ClN4O3S2. The minimum atomic E-state index is -3.51. The molecule has 0 saturated heterocycles. The van der Waals surface area contributed by atoms with Crippen LogP contribution in [0.2, 0.25) is 5.02 Å². The number of sulfone groups is 1. The normalized spacial score (nSPS) is 11.9. The Morgan fingerprint density at radius 3 is 2.51 bits per heavy atom. The number of para-hydroxylation sites is 1. The van der Waals surface area contributed by atoms with Gasteiger partial charge in [-0.2, -0.15) is 5.10 Å². The van der Waals surface area contributed by atoms with Crippen molar-refractivity contribution in [2.75, 3.05) is 17.2 Å². The van der Waals surface area contributed by atoms with Gasteiger partial charge in [-0.15, -0.1) is 0 Å². The second kappa shape index (κ2) is 11.3. The third-order valence-electron chi connectivity index (χ3n) is 6.21. The van der Waals surface area contributed by atoms with E-state index in [1.165, 1.54) is 23.5 Å². The van der Waals surface area contributed by atoms with Crippen LogP contribution in [0.3, 0.4) is 0 Å². The van der Waals surface area contributed by atoms with Crippen LogP contribution in [-0.4, -0.2) is 41.4 Å². The molecule has 0 fully saturated rings. The van der Waals surface area contributed by atoms with Crippen LogP contribution in [0.4, 0.5) is 5.13 Å². The van der Waals surface area contributed by atoms with Gasteiger partial charge >= 0.3 is 0 Å². The van der Waals surface area contributed by atoms with Crippen molar-refractivity contribution in [2.45, 2.75) is 57.9 Å². The van der Waals surface area contributed by atoms with Crippen LogP contribution in [0, 0.1) is 13.8 Å². The van der Waals surface area contributed by atoms with E-state index in [0.717, 1.165) is 27.2 Å². The predicted molar refractivity (Wildman–Crippen MR) is 151 cm³/mol. The van der Waals surface area contributed by atoms with E-state index < -0.39 is 9.84 Å². The maximum Gasteiger partial charge on any atom is 0.228 e. The van der Waals surface area contributed by atoms with Crippen molar-refractivity contribution in [3.05, 3.63) is 70.5 Å². The number of halogens is 1. The summed E-state index contributed by atoms with van der Waals surface area (Å²) < 4.78 is 28.4. The quantitative estimate of drug-likeness (QED) is 0.232. The molecule has 0 aliphatic carbocycles. The molecule has 2 heterocycles. The largest absolute Gasteiger partial charge is 0.286 e. The molecule has 0 spiro atoms. The molecule has 0 radical (unpaired) electrons. The maximum absolute atomic E-state index is 13.5. The minimum absolute atomic E-state index is 0.0941. The Morgan fingerprint density at radius 2 is 1.86 bits per heavy atom. The van der Waals surface area contributed by atoms with E-state index in [9.17, 15) is 13.2 Å². The van der Waals surface area contributed by atoms with Gasteiger partial charge in [-0.05, 0) is 68.1 Å². The summed E-state index contributed by atoms with van der Waals surface area (Å²) in [7, 11) is -3.51. The monoisotopic (exact) mass is 558 g/mol. The number of carbonyl (C=O) groups is 1. The molecule has 4 aromatic rings. The Labute approximate surface area is 227 Å². The Balaban J connectivity index is 1.55. The summed E-state index contributed by atoms with van der Waals surface area (Å²) in [5.74, 6) is 0.0248. The van der Waals surface area contributed by atoms with Gasteiger partial charge in [0, 0.05) is 23.7 Å². The van der Waals surface area contributed by atoms with E-state index in [1.54, 1.807) is 17.0 Å². The zero-order valence-corrected chi connectivity index (χ0v) is 23.8. The van der Waals surface area contributed by atoms with Gasteiger partial charge in [0.1, 0.15) is 0 Å². The Kier molecular flexibility index (Phi) is 8.36. The molecule has 0 N–H and O–H groups in total. The molecule has 0 unspecified atom stereocenters. The lowest BCUT2D eigenvalue weighted by Crippen LogP contribution is -2.34. The maximum atomic E-state index is 13.5. The zero-order chi connectivity index (χ0) is 26.7. The molecule has 4 rings (SSSR count). The van der Waals surface area contributed by atoms with E-state index in [0.29, 0.717) is 29.2 Å². The van der Waals surface area contributed by atoms with Gasteiger partial charge in [0.25, 0.3) is 0 Å². The summed E-state index contributed by atoms with van der Waals surface area (Å²) in [6.07, 6.45) is 0.305. The molecule has 0 saturated carbocycles. The van der Waals surface area contributed by atoms with E-state index >= 15 is 0 Å². The first-order valence-corrected chi connectivity index (χ1v) is 15.1. The Morgan fingerprint density at radius 1 is 1.14 bits per heavy atom. The fourth-order valence-corrected chi connectivity index (χ4v) is 6.75. The number of rotatable bonds is 10. The lowest BCUT2D eigenvalue weighted by Gasteiger charge is -2.20. The van der Waals surface area contributed by atoms with Gasteiger partial charge in [0.15, 0.2) is 15.0 Å². The fourth-order valence-electron chi connectivity index (χ4n) is 4.27. The molecule has 0 aliphatic heterocycles. The summed E-state index contributed by atoms with van der Waals surface area (Å²) in [6, 6.07) is 14.2. The number of hydrogen-bond donors (Lipinski definition) is 0. The fraction of sp³-hybridized carbons (Fsp3) is 0.370. The van der Waals surface area contributed by atoms with Crippen molar-refractivity contribution in [1.82, 2.24) is 14.8 Å². The molecule has 0 aliphatic rings. The molecule has 2 aromatic carbocycles. The molecule has 10 heteroatoms. The van der Waals surface area contributed by atoms with E-state index in [1.807, 2.05) is 36.7 Å². The van der Waals surface area contributed by atoms with Gasteiger partial charge in [-0.25, -0.2) is 13.4 Å². The number of hydrogen-bond acceptors (Lipinski definition) is 6. The molecule has 0 bridgehead atoms. The van der Waals surface area contributed by atoms with Crippen molar-refractivity contribution in [2.24, 2.45) is 0 Å². The van der Waals surface area contributed by atoms with E-state index in [-0.39, 0.29) is 29.4 Å². The van der Waals surface area contributed by atoms with Crippen molar-refractivity contribution < 1.29 is 13.2 Å². The zero-order valence-electron chi connectivity index (χ0n) is 21.4. The van der Waals surface area contributed by atoms with Gasteiger partial charge in [-0.3, -0.25) is 14.4 Å². The highest BCUT2D eigenvalue weighted by Gasteiger charge is 2.23. The first-order chi connectivity index (χ1) is 17.5. The lowest BCUT2D eigenvalue weighted by molar-refractivity contribution is -0.118. The third-order valence-corrected chi connectivity index (χ3v) is 9.32. The predicted octanol–water partition coefficient (Wildman–Crippen LogP) is 6.17. The van der Waals surface area contributed by atoms with Gasteiger partial charge in [0.05, 0.1) is 33.1 Å². The highest BCUT2D eigenvalue weighted by atomic mass is 35.5. The minimum Gasteiger partial charge on any atom is -0.286 e. The second-order valence-corrected chi connectivity index (χ2v) is 13.0. The van der Waals surface area contributed by atoms with E-state index in [2.05, 4.69) is 25.0 Å². The smallest absolute Gasteiger partial charge is 0.228 e. The van der Waals surface area contributed by atoms with Crippen LogP contribution in [0.5, 0.6) is 0 Å². The molecule has 0 atom stereocenters. The topological polar surface area (TPSA) is 85.2 Å². The van der Waals surface area contributed by atoms with Crippen molar-refractivity contribution in [3.63, 3.8) is 0 Å². The standard InChI is InChI=1S/C27H31ClN4O3S2/c1-18(2)23-7-5-8-24-26(23)29-27(36-24)31(14-15-32-20(4)17-19(3)30-32)25(33)9-6-16-37(34,35)22-12-10-21(28)11-13-22/h5,7-8,10-13,17-18H,6,9,14-16H2,1-4H3. The Bertz CT molecular complexity index is 1510. The first kappa shape index (κ1) is 27.3. The highest BCUT2D eigenvalue weighted by Crippen LogP contribution is 2.34. The van der Waals surface area contributed by atoms with Crippen LogP contribution >= 0.6 is 22.9 Å². The first-order valence-electron chi connectivity index (χ1n) is 12.2. The average molecular weight is 559 g/mol. The number of anilines is 1. The number of fused-ring (bicyclic) bond motifs is 1. The summed E-state index contributed by atoms with van der Waals surface area (Å²) in [6.45, 7) is 9.08. The van der Waals surface area contributed by atoms with Gasteiger partial charge < -0.3 is 0 Å². The molecule has 2 aromatic heterocycles. The summed E-state index contributed by atoms with van der Waals surface area (Å²) >= 11 is 7.37. The number of carbonyl (C=O) groups excluding carboxylic acids is 1. The van der Waals surface area contributed by atoms with Crippen LogP contribution < -0.4 is 4.90 Å². The number of nitrogens with zero attached hydrogens (tertiary/aromatic N) is 4. The molecule has 1 amide bonds. The van der Waals surface area contributed by atoms with Crippen LogP contribution in [0.1, 0.15) is 49.6 Å². The number of amides is 1. The van der Waals surface area contributed by atoms with Gasteiger partial charge in [-0.1, -0.05) is 48.9 Å². The molecule has 7 nitrogen and oxygen atoms in total. The summed E-state index contributed by atoms with van der Waals surface area (Å²) in [5.41, 5.74) is 3.99. The second-order valence-electron chi connectivity index (χ2n) is 9.42.